The first-order valence-corrected chi connectivity index (χ1v) is 10.0. The molecule has 2 heterocycles. The van der Waals surface area contributed by atoms with Gasteiger partial charge >= 0.3 is 6.03 Å². The molecule has 3 rings (SSSR count). The summed E-state index contributed by atoms with van der Waals surface area (Å²) in [5, 5.41) is 2.96. The zero-order valence-corrected chi connectivity index (χ0v) is 17.1. The second-order valence-corrected chi connectivity index (χ2v) is 7.50. The quantitative estimate of drug-likeness (QED) is 0.533. The normalized spacial score (nSPS) is 21.6. The lowest BCUT2D eigenvalue weighted by Gasteiger charge is -2.43. The maximum absolute atomic E-state index is 13.5. The molecule has 1 fully saturated rings. The van der Waals surface area contributed by atoms with Crippen LogP contribution in [-0.4, -0.2) is 45.4 Å². The molecule has 8 nitrogen and oxygen atoms in total. The Hall–Kier alpha value is -3.42. The number of amides is 3. The average Bonchev–Trinajstić information content (AvgIpc) is 2.74. The molecule has 3 N–H and O–H groups in total. The van der Waals surface area contributed by atoms with Crippen molar-refractivity contribution in [2.45, 2.75) is 44.3 Å². The third-order valence-electron chi connectivity index (χ3n) is 5.44. The van der Waals surface area contributed by atoms with Gasteiger partial charge in [0.1, 0.15) is 5.82 Å². The van der Waals surface area contributed by atoms with Crippen molar-refractivity contribution in [3.63, 3.8) is 0 Å². The van der Waals surface area contributed by atoms with Crippen molar-refractivity contribution in [1.82, 2.24) is 20.2 Å². The molecule has 0 radical (unpaired) electrons. The van der Waals surface area contributed by atoms with Crippen LogP contribution in [0, 0.1) is 0 Å². The van der Waals surface area contributed by atoms with E-state index in [-0.39, 0.29) is 30.0 Å². The number of nitrogens with one attached hydrogen (secondary N) is 1. The zero-order chi connectivity index (χ0) is 21.7. The number of rotatable bonds is 7. The third kappa shape index (κ3) is 4.59. The molecule has 0 aromatic carbocycles. The number of allylic oxidation sites excluding steroid dienone is 2. The predicted molar refractivity (Wildman–Crippen MR) is 118 cm³/mol. The van der Waals surface area contributed by atoms with Crippen molar-refractivity contribution in [1.29, 1.82) is 0 Å². The van der Waals surface area contributed by atoms with Gasteiger partial charge in [-0.3, -0.25) is 9.69 Å². The standard InChI is InChI=1S/C22H28N6O2/c1-4-8-15(5-2)13-27-14-16-12-24-21(23)26-20(16)28(22(27)30)18-10-7-9-17(11-18)25-19(29)6-3/h4-6,8,12,17-18H,1-3,7,9-11,13-14H2,(H,25,29)(H2,23,24,26)/b15-8+. The molecular formula is C22H28N6O2. The molecule has 1 aromatic rings. The fraction of sp³-hybridized carbons (Fsp3) is 0.364. The minimum Gasteiger partial charge on any atom is -0.368 e. The molecule has 1 aliphatic heterocycles. The van der Waals surface area contributed by atoms with E-state index in [1.165, 1.54) is 6.08 Å². The molecule has 0 bridgehead atoms. The number of hydrogen-bond acceptors (Lipinski definition) is 5. The van der Waals surface area contributed by atoms with E-state index >= 15 is 0 Å². The number of anilines is 2. The Kier molecular flexibility index (Phi) is 6.66. The van der Waals surface area contributed by atoms with Crippen LogP contribution in [0.15, 0.2) is 55.8 Å². The van der Waals surface area contributed by atoms with E-state index < -0.39 is 0 Å². The Morgan fingerprint density at radius 2 is 2.10 bits per heavy atom. The maximum atomic E-state index is 13.5. The van der Waals surface area contributed by atoms with Crippen molar-refractivity contribution in [3.05, 3.63) is 61.4 Å². The zero-order valence-electron chi connectivity index (χ0n) is 17.1. The van der Waals surface area contributed by atoms with Crippen molar-refractivity contribution < 1.29 is 9.59 Å². The van der Waals surface area contributed by atoms with Crippen molar-refractivity contribution in [2.24, 2.45) is 0 Å². The van der Waals surface area contributed by atoms with Crippen LogP contribution >= 0.6 is 0 Å². The second-order valence-electron chi connectivity index (χ2n) is 7.50. The fourth-order valence-corrected chi connectivity index (χ4v) is 4.05. The van der Waals surface area contributed by atoms with Crippen LogP contribution in [0.25, 0.3) is 0 Å². The first-order chi connectivity index (χ1) is 14.5. The highest BCUT2D eigenvalue weighted by molar-refractivity contribution is 5.94. The molecule has 0 spiro atoms. The van der Waals surface area contributed by atoms with E-state index in [2.05, 4.69) is 35.0 Å². The van der Waals surface area contributed by atoms with Gasteiger partial charge in [0.05, 0.1) is 6.54 Å². The van der Waals surface area contributed by atoms with Gasteiger partial charge in [0.25, 0.3) is 0 Å². The van der Waals surface area contributed by atoms with Gasteiger partial charge < -0.3 is 16.0 Å². The highest BCUT2D eigenvalue weighted by Gasteiger charge is 2.39. The Bertz CT molecular complexity index is 894. The lowest BCUT2D eigenvalue weighted by atomic mass is 9.89. The summed E-state index contributed by atoms with van der Waals surface area (Å²) in [5.74, 6) is 0.479. The largest absolute Gasteiger partial charge is 0.368 e. The molecule has 30 heavy (non-hydrogen) atoms. The Labute approximate surface area is 176 Å². The predicted octanol–water partition coefficient (Wildman–Crippen LogP) is 2.71. The number of carbonyl (C=O) groups excluding carboxylic acids is 2. The summed E-state index contributed by atoms with van der Waals surface area (Å²) in [6.07, 6.45) is 11.4. The molecule has 158 valence electrons. The summed E-state index contributed by atoms with van der Waals surface area (Å²) in [6, 6.07) is -0.268. The molecule has 3 amide bonds. The number of urea groups is 1. The lowest BCUT2D eigenvalue weighted by Crippen LogP contribution is -2.55. The summed E-state index contributed by atoms with van der Waals surface area (Å²) < 4.78 is 0. The van der Waals surface area contributed by atoms with Gasteiger partial charge in [-0.15, -0.1) is 0 Å². The average molecular weight is 409 g/mol. The summed E-state index contributed by atoms with van der Waals surface area (Å²) >= 11 is 0. The molecular weight excluding hydrogens is 380 g/mol. The molecule has 8 heteroatoms. The van der Waals surface area contributed by atoms with Crippen molar-refractivity contribution >= 4 is 23.7 Å². The van der Waals surface area contributed by atoms with Crippen LogP contribution in [-0.2, 0) is 11.3 Å². The minimum atomic E-state index is -0.204. The minimum absolute atomic E-state index is 0.0236. The second kappa shape index (κ2) is 9.39. The number of hydrogen-bond donors (Lipinski definition) is 2. The van der Waals surface area contributed by atoms with Crippen LogP contribution in [0.2, 0.25) is 0 Å². The number of nitrogens with two attached hydrogens (primary N) is 1. The Morgan fingerprint density at radius 3 is 2.80 bits per heavy atom. The molecule has 2 aliphatic rings. The van der Waals surface area contributed by atoms with E-state index in [0.717, 1.165) is 30.4 Å². The van der Waals surface area contributed by atoms with Gasteiger partial charge in [-0.05, 0) is 37.3 Å². The van der Waals surface area contributed by atoms with Crippen molar-refractivity contribution in [2.75, 3.05) is 17.2 Å². The first-order valence-electron chi connectivity index (χ1n) is 10.0. The maximum Gasteiger partial charge on any atom is 0.326 e. The summed E-state index contributed by atoms with van der Waals surface area (Å²) in [5.41, 5.74) is 7.55. The molecule has 2 atom stereocenters. The number of aromatic nitrogens is 2. The molecule has 2 unspecified atom stereocenters. The van der Waals surface area contributed by atoms with E-state index in [0.29, 0.717) is 25.3 Å². The van der Waals surface area contributed by atoms with E-state index in [1.54, 1.807) is 28.1 Å². The lowest BCUT2D eigenvalue weighted by molar-refractivity contribution is -0.117. The SMILES string of the molecule is C=C/C=C(\C=C)CN1Cc2cnc(N)nc2N(C2CCCC(NC(=O)C=C)C2)C1=O. The Morgan fingerprint density at radius 1 is 1.30 bits per heavy atom. The van der Waals surface area contributed by atoms with Crippen LogP contribution in [0.3, 0.4) is 0 Å². The summed E-state index contributed by atoms with van der Waals surface area (Å²) in [6.45, 7) is 11.8. The van der Waals surface area contributed by atoms with Gasteiger partial charge in [0.2, 0.25) is 11.9 Å². The molecule has 1 aromatic heterocycles. The van der Waals surface area contributed by atoms with Crippen LogP contribution in [0.1, 0.15) is 31.2 Å². The van der Waals surface area contributed by atoms with Crippen molar-refractivity contribution in [3.8, 4) is 0 Å². The monoisotopic (exact) mass is 408 g/mol. The first kappa shape index (κ1) is 21.3. The van der Waals surface area contributed by atoms with Gasteiger partial charge in [0, 0.05) is 30.4 Å². The highest BCUT2D eigenvalue weighted by atomic mass is 16.2. The summed E-state index contributed by atoms with van der Waals surface area (Å²) in [4.78, 5) is 37.2. The fourth-order valence-electron chi connectivity index (χ4n) is 4.05. The molecule has 1 aliphatic carbocycles. The van der Waals surface area contributed by atoms with Gasteiger partial charge in [0.15, 0.2) is 0 Å². The van der Waals surface area contributed by atoms with Crippen LogP contribution in [0.5, 0.6) is 0 Å². The van der Waals surface area contributed by atoms with Gasteiger partial charge in [-0.1, -0.05) is 38.0 Å². The number of fused-ring (bicyclic) bond motifs is 1. The summed E-state index contributed by atoms with van der Waals surface area (Å²) in [7, 11) is 0. The number of carbonyl (C=O) groups is 2. The highest BCUT2D eigenvalue weighted by Crippen LogP contribution is 2.34. The topological polar surface area (TPSA) is 104 Å². The smallest absolute Gasteiger partial charge is 0.326 e. The molecule has 0 saturated heterocycles. The van der Waals surface area contributed by atoms with E-state index in [4.69, 9.17) is 5.73 Å². The van der Waals surface area contributed by atoms with E-state index in [9.17, 15) is 9.59 Å². The molecule has 1 saturated carbocycles. The third-order valence-corrected chi connectivity index (χ3v) is 5.44. The van der Waals surface area contributed by atoms with Crippen LogP contribution < -0.4 is 16.0 Å². The van der Waals surface area contributed by atoms with Gasteiger partial charge in [-0.2, -0.15) is 4.98 Å². The van der Waals surface area contributed by atoms with E-state index in [1.807, 2.05) is 6.08 Å². The number of nitrogens with zero attached hydrogens (tertiary/aromatic N) is 4. The van der Waals surface area contributed by atoms with Crippen LogP contribution in [0.4, 0.5) is 16.6 Å². The number of nitrogen functional groups attached to an aromatic ring is 1. The van der Waals surface area contributed by atoms with Gasteiger partial charge in [-0.25, -0.2) is 9.78 Å². The Balaban J connectivity index is 1.91.